The number of hydrogen-bond acceptors (Lipinski definition) is 10. The van der Waals surface area contributed by atoms with E-state index in [0.717, 1.165) is 36.8 Å². The van der Waals surface area contributed by atoms with Crippen molar-refractivity contribution in [2.24, 2.45) is 18.4 Å². The summed E-state index contributed by atoms with van der Waals surface area (Å²) >= 11 is 0. The van der Waals surface area contributed by atoms with Crippen molar-refractivity contribution in [1.82, 2.24) is 34.1 Å². The number of amides is 3. The lowest BCUT2D eigenvalue weighted by molar-refractivity contribution is -0.179. The maximum Gasteiger partial charge on any atom is 0.329 e. The highest BCUT2D eigenvalue weighted by Crippen LogP contribution is 2.52. The maximum absolute atomic E-state index is 16.4. The van der Waals surface area contributed by atoms with Gasteiger partial charge < -0.3 is 15.3 Å². The second kappa shape index (κ2) is 16.0. The van der Waals surface area contributed by atoms with Crippen molar-refractivity contribution in [2.45, 2.75) is 95.2 Å². The number of nitriles is 1. The molecule has 17 heteroatoms. The molecule has 1 unspecified atom stereocenters. The Morgan fingerprint density at radius 2 is 1.78 bits per heavy atom. The summed E-state index contributed by atoms with van der Waals surface area (Å²) < 4.78 is 37.7. The van der Waals surface area contributed by atoms with Crippen LogP contribution in [-0.4, -0.2) is 90.3 Å². The molecule has 1 atom stereocenters. The van der Waals surface area contributed by atoms with E-state index < -0.39 is 34.8 Å². The number of aryl methyl sites for hydroxylation is 1. The van der Waals surface area contributed by atoms with Crippen LogP contribution >= 0.6 is 0 Å². The lowest BCUT2D eigenvalue weighted by atomic mass is 9.68. The molecule has 3 amide bonds. The number of para-hydroxylation sites is 1. The van der Waals surface area contributed by atoms with Crippen LogP contribution < -0.4 is 21.2 Å². The molecule has 63 heavy (non-hydrogen) atoms. The maximum atomic E-state index is 16.4. The fraction of sp³-hybridized carbons (Fsp3) is 0.500. The molecular weight excluding hydrogens is 811 g/mol. The predicted octanol–water partition coefficient (Wildman–Crippen LogP) is 5.77. The van der Waals surface area contributed by atoms with E-state index in [1.165, 1.54) is 27.6 Å². The van der Waals surface area contributed by atoms with E-state index >= 15 is 8.78 Å². The number of aromatic nitrogens is 5. The largest absolute Gasteiger partial charge is 0.386 e. The van der Waals surface area contributed by atoms with Crippen LogP contribution in [0.5, 0.6) is 0 Å². The highest BCUT2D eigenvalue weighted by Gasteiger charge is 2.57. The molecule has 1 aliphatic carbocycles. The number of piperidine rings is 3. The number of hydrogen-bond donors (Lipinski definition) is 3. The number of rotatable bonds is 8. The number of anilines is 2. The van der Waals surface area contributed by atoms with Gasteiger partial charge in [0, 0.05) is 73.7 Å². The van der Waals surface area contributed by atoms with Crippen molar-refractivity contribution < 1.29 is 28.3 Å². The average molecular weight is 863 g/mol. The van der Waals surface area contributed by atoms with Crippen LogP contribution in [0.4, 0.5) is 20.2 Å². The van der Waals surface area contributed by atoms with Crippen LogP contribution in [0.3, 0.4) is 0 Å². The van der Waals surface area contributed by atoms with Gasteiger partial charge in [0.15, 0.2) is 0 Å². The van der Waals surface area contributed by atoms with Crippen molar-refractivity contribution in [3.63, 3.8) is 0 Å². The average Bonchev–Trinajstić information content (AvgIpc) is 3.79. The first-order chi connectivity index (χ1) is 30.0. The second-order valence-electron chi connectivity index (χ2n) is 18.6. The quantitative estimate of drug-likeness (QED) is 0.162. The zero-order valence-corrected chi connectivity index (χ0v) is 35.7. The molecule has 1 spiro atoms. The number of nitrogens with zero attached hydrogens (tertiary/aromatic N) is 8. The van der Waals surface area contributed by atoms with Gasteiger partial charge in [-0.2, -0.15) is 10.4 Å². The molecule has 1 saturated carbocycles. The van der Waals surface area contributed by atoms with Gasteiger partial charge in [-0.3, -0.25) is 43.4 Å². The summed E-state index contributed by atoms with van der Waals surface area (Å²) in [7, 11) is 1.66. The minimum absolute atomic E-state index is 0.123. The Morgan fingerprint density at radius 1 is 1.03 bits per heavy atom. The Morgan fingerprint density at radius 3 is 2.48 bits per heavy atom. The standard InChI is InChI=1S/C46H52F2N10O5/c1-44(2,63)33-21-34-31(20-35(33)51-41(60)30-19-29(22-49)23-50-24-30)26-57(53-34)32-9-7-28(8-10-32)25-55-16-13-45(46(47,48)27-55)14-17-56(18-15-45)36-5-4-6-37-40(36)54(3)43(62)58(37)38-11-12-39(59)52-42(38)61/h4-6,19-21,23-24,26,28,32,38,63H,7-18,25,27H2,1-3H3,(H,51,60)(H,52,59,61). The fourth-order valence-corrected chi connectivity index (χ4v) is 10.6. The molecule has 330 valence electrons. The van der Waals surface area contributed by atoms with Crippen molar-refractivity contribution in [3.8, 4) is 6.07 Å². The molecule has 15 nitrogen and oxygen atoms in total. The number of pyridine rings is 1. The Balaban J connectivity index is 0.818. The molecule has 2 aromatic carbocycles. The van der Waals surface area contributed by atoms with Crippen LogP contribution in [0.25, 0.3) is 21.9 Å². The smallest absolute Gasteiger partial charge is 0.329 e. The Kier molecular flexibility index (Phi) is 10.7. The van der Waals surface area contributed by atoms with Gasteiger partial charge in [-0.05, 0) is 108 Å². The Hall–Kier alpha value is -5.99. The third-order valence-corrected chi connectivity index (χ3v) is 14.2. The molecule has 4 fully saturated rings. The van der Waals surface area contributed by atoms with E-state index in [2.05, 4.69) is 20.5 Å². The van der Waals surface area contributed by atoms with E-state index in [1.54, 1.807) is 39.1 Å². The number of alkyl halides is 2. The van der Waals surface area contributed by atoms with Crippen molar-refractivity contribution >= 4 is 51.0 Å². The summed E-state index contributed by atoms with van der Waals surface area (Å²) in [6.45, 7) is 5.09. The molecule has 3 aliphatic heterocycles. The highest BCUT2D eigenvalue weighted by atomic mass is 19.3. The summed E-state index contributed by atoms with van der Waals surface area (Å²) in [5.74, 6) is -3.89. The van der Waals surface area contributed by atoms with Crippen LogP contribution in [-0.2, 0) is 22.2 Å². The Labute approximate surface area is 362 Å². The predicted molar refractivity (Wildman–Crippen MR) is 231 cm³/mol. The summed E-state index contributed by atoms with van der Waals surface area (Å²) in [6, 6.07) is 11.9. The topological polar surface area (TPSA) is 183 Å². The van der Waals surface area contributed by atoms with Gasteiger partial charge in [-0.25, -0.2) is 13.6 Å². The number of aliphatic hydroxyl groups is 1. The van der Waals surface area contributed by atoms with Crippen molar-refractivity contribution in [1.29, 1.82) is 5.26 Å². The van der Waals surface area contributed by atoms with Crippen LogP contribution in [0, 0.1) is 22.7 Å². The lowest BCUT2D eigenvalue weighted by Gasteiger charge is -2.52. The van der Waals surface area contributed by atoms with Crippen LogP contribution in [0.2, 0.25) is 0 Å². The molecule has 5 aromatic rings. The number of halogens is 2. The van der Waals surface area contributed by atoms with E-state index in [-0.39, 0.29) is 54.1 Å². The molecule has 0 radical (unpaired) electrons. The van der Waals surface area contributed by atoms with Gasteiger partial charge in [0.05, 0.1) is 51.6 Å². The third-order valence-electron chi connectivity index (χ3n) is 14.2. The first kappa shape index (κ1) is 42.3. The molecule has 9 rings (SSSR count). The van der Waals surface area contributed by atoms with Crippen LogP contribution in [0.15, 0.2) is 59.8 Å². The van der Waals surface area contributed by atoms with Gasteiger partial charge in [-0.15, -0.1) is 0 Å². The first-order valence-corrected chi connectivity index (χ1v) is 21.9. The fourth-order valence-electron chi connectivity index (χ4n) is 10.6. The van der Waals surface area contributed by atoms with E-state index in [0.29, 0.717) is 73.2 Å². The Bertz CT molecular complexity index is 2730. The number of nitrogens with one attached hydrogen (secondary N) is 2. The van der Waals surface area contributed by atoms with Crippen molar-refractivity contribution in [3.05, 3.63) is 82.2 Å². The number of imidazole rings is 1. The minimum Gasteiger partial charge on any atom is -0.386 e. The highest BCUT2D eigenvalue weighted by molar-refractivity contribution is 6.06. The summed E-state index contributed by atoms with van der Waals surface area (Å²) in [5, 5.41) is 31.2. The van der Waals surface area contributed by atoms with Crippen molar-refractivity contribution in [2.75, 3.05) is 42.9 Å². The van der Waals surface area contributed by atoms with Gasteiger partial charge in [0.25, 0.3) is 11.8 Å². The molecule has 3 saturated heterocycles. The normalized spacial score (nSPS) is 22.9. The molecular formula is C46H52F2N10O5. The molecule has 3 aromatic heterocycles. The number of carbonyl (C=O) groups is 3. The third kappa shape index (κ3) is 7.77. The second-order valence-corrected chi connectivity index (χ2v) is 18.6. The monoisotopic (exact) mass is 862 g/mol. The van der Waals surface area contributed by atoms with E-state index in [4.69, 9.17) is 5.10 Å². The number of imide groups is 1. The van der Waals surface area contributed by atoms with Gasteiger partial charge in [0.1, 0.15) is 12.1 Å². The van der Waals surface area contributed by atoms with E-state index in [9.17, 15) is 29.5 Å². The number of likely N-dealkylation sites (tertiary alicyclic amines) is 1. The summed E-state index contributed by atoms with van der Waals surface area (Å²) in [4.78, 5) is 59.3. The van der Waals surface area contributed by atoms with Gasteiger partial charge >= 0.3 is 5.69 Å². The summed E-state index contributed by atoms with van der Waals surface area (Å²) in [5.41, 5.74) is 1.35. The molecule has 6 heterocycles. The van der Waals surface area contributed by atoms with E-state index in [1.807, 2.05) is 34.0 Å². The molecule has 4 aliphatic rings. The molecule has 3 N–H and O–H groups in total. The van der Waals surface area contributed by atoms with Gasteiger partial charge in [-0.1, -0.05) is 6.07 Å². The number of carbonyl (C=O) groups excluding carboxylic acids is 3. The first-order valence-electron chi connectivity index (χ1n) is 21.9. The zero-order valence-electron chi connectivity index (χ0n) is 35.7. The zero-order chi connectivity index (χ0) is 44.4. The summed E-state index contributed by atoms with van der Waals surface area (Å²) in [6.07, 6.45) is 9.63. The SMILES string of the molecule is Cn1c(=O)n(C2CCC(=O)NC2=O)c2cccc(N3CCC4(CCN(CC5CCC(n6cc7cc(NC(=O)c8cncc(C#N)c8)c(C(C)(C)O)cc7n6)CC5)CC4(F)F)CC3)c21. The molecule has 0 bridgehead atoms. The van der Waals surface area contributed by atoms with Gasteiger partial charge in [0.2, 0.25) is 11.8 Å². The number of benzene rings is 2. The van der Waals surface area contributed by atoms with Crippen LogP contribution in [0.1, 0.15) is 105 Å². The number of fused-ring (bicyclic) bond motifs is 2. The lowest BCUT2D eigenvalue weighted by Crippen LogP contribution is -2.59. The minimum atomic E-state index is -2.87.